The van der Waals surface area contributed by atoms with Crippen LogP contribution in [-0.4, -0.2) is 25.0 Å². The van der Waals surface area contributed by atoms with Gasteiger partial charge in [-0.15, -0.1) is 0 Å². The summed E-state index contributed by atoms with van der Waals surface area (Å²) in [6.45, 7) is 8.56. The monoisotopic (exact) mass is 288 g/mol. The van der Waals surface area contributed by atoms with Crippen LogP contribution >= 0.6 is 0 Å². The SMILES string of the molecule is CC(C)C(CC(=O)NC1CNCCC1C)c1ccccc1. The van der Waals surface area contributed by atoms with Crippen molar-refractivity contribution in [3.63, 3.8) is 0 Å². The van der Waals surface area contributed by atoms with Gasteiger partial charge in [0.25, 0.3) is 0 Å². The Hall–Kier alpha value is -1.35. The summed E-state index contributed by atoms with van der Waals surface area (Å²) in [5.74, 6) is 1.49. The van der Waals surface area contributed by atoms with Gasteiger partial charge in [-0.2, -0.15) is 0 Å². The maximum absolute atomic E-state index is 12.4. The average molecular weight is 288 g/mol. The van der Waals surface area contributed by atoms with E-state index in [0.717, 1.165) is 19.5 Å². The predicted octanol–water partition coefficient (Wildman–Crippen LogP) is 2.93. The molecule has 0 aliphatic carbocycles. The molecule has 1 heterocycles. The van der Waals surface area contributed by atoms with Crippen molar-refractivity contribution in [2.75, 3.05) is 13.1 Å². The van der Waals surface area contributed by atoms with Crippen LogP contribution < -0.4 is 10.6 Å². The summed E-state index contributed by atoms with van der Waals surface area (Å²) in [4.78, 5) is 12.4. The largest absolute Gasteiger partial charge is 0.352 e. The van der Waals surface area contributed by atoms with Gasteiger partial charge in [-0.25, -0.2) is 0 Å². The zero-order valence-electron chi connectivity index (χ0n) is 13.4. The number of benzene rings is 1. The van der Waals surface area contributed by atoms with Crippen LogP contribution in [0.5, 0.6) is 0 Å². The smallest absolute Gasteiger partial charge is 0.220 e. The molecule has 0 aromatic heterocycles. The maximum atomic E-state index is 12.4. The molecule has 0 radical (unpaired) electrons. The first kappa shape index (κ1) is 16.0. The number of carbonyl (C=O) groups is 1. The van der Waals surface area contributed by atoms with E-state index in [9.17, 15) is 4.79 Å². The summed E-state index contributed by atoms with van der Waals surface area (Å²) >= 11 is 0. The lowest BCUT2D eigenvalue weighted by molar-refractivity contribution is -0.122. The van der Waals surface area contributed by atoms with Crippen molar-refractivity contribution >= 4 is 5.91 Å². The van der Waals surface area contributed by atoms with E-state index < -0.39 is 0 Å². The van der Waals surface area contributed by atoms with Crippen LogP contribution in [0.2, 0.25) is 0 Å². The van der Waals surface area contributed by atoms with Gasteiger partial charge in [0.1, 0.15) is 0 Å². The zero-order chi connectivity index (χ0) is 15.2. The second kappa shape index (κ2) is 7.60. The Labute approximate surface area is 128 Å². The lowest BCUT2D eigenvalue weighted by Crippen LogP contribution is -2.50. The molecule has 1 aromatic rings. The van der Waals surface area contributed by atoms with Crippen molar-refractivity contribution in [2.45, 2.75) is 45.6 Å². The van der Waals surface area contributed by atoms with Gasteiger partial charge in [-0.3, -0.25) is 4.79 Å². The molecule has 1 aromatic carbocycles. The molecule has 1 aliphatic rings. The summed E-state index contributed by atoms with van der Waals surface area (Å²) in [5, 5.41) is 6.59. The van der Waals surface area contributed by atoms with E-state index in [1.807, 2.05) is 6.07 Å². The molecule has 1 saturated heterocycles. The molecule has 1 aliphatic heterocycles. The standard InChI is InChI=1S/C18H28N2O/c1-13(2)16(15-7-5-4-6-8-15)11-18(21)20-17-12-19-10-9-14(17)3/h4-8,13-14,16-17,19H,9-12H2,1-3H3,(H,20,21). The summed E-state index contributed by atoms with van der Waals surface area (Å²) < 4.78 is 0. The molecule has 0 spiro atoms. The van der Waals surface area contributed by atoms with Crippen LogP contribution in [0, 0.1) is 11.8 Å². The van der Waals surface area contributed by atoms with Crippen molar-refractivity contribution in [2.24, 2.45) is 11.8 Å². The first-order valence-electron chi connectivity index (χ1n) is 8.13. The van der Waals surface area contributed by atoms with Crippen LogP contribution in [0.3, 0.4) is 0 Å². The van der Waals surface area contributed by atoms with Gasteiger partial charge in [-0.05, 0) is 36.3 Å². The molecule has 1 fully saturated rings. The third-order valence-electron chi connectivity index (χ3n) is 4.61. The molecule has 3 atom stereocenters. The number of nitrogens with one attached hydrogen (secondary N) is 2. The lowest BCUT2D eigenvalue weighted by Gasteiger charge is -2.31. The third kappa shape index (κ3) is 4.57. The summed E-state index contributed by atoms with van der Waals surface area (Å²) in [5.41, 5.74) is 1.26. The minimum absolute atomic E-state index is 0.179. The van der Waals surface area contributed by atoms with E-state index in [0.29, 0.717) is 18.3 Å². The minimum Gasteiger partial charge on any atom is -0.352 e. The topological polar surface area (TPSA) is 41.1 Å². The summed E-state index contributed by atoms with van der Waals surface area (Å²) in [7, 11) is 0. The van der Waals surface area contributed by atoms with Gasteiger partial charge in [0.05, 0.1) is 0 Å². The van der Waals surface area contributed by atoms with Crippen LogP contribution in [0.1, 0.15) is 45.1 Å². The van der Waals surface area contributed by atoms with Crippen molar-refractivity contribution < 1.29 is 4.79 Å². The molecule has 3 nitrogen and oxygen atoms in total. The molecule has 0 bridgehead atoms. The Morgan fingerprint density at radius 1 is 1.33 bits per heavy atom. The molecule has 0 saturated carbocycles. The van der Waals surface area contributed by atoms with Gasteiger partial charge in [0.2, 0.25) is 5.91 Å². The van der Waals surface area contributed by atoms with Crippen molar-refractivity contribution in [3.05, 3.63) is 35.9 Å². The molecule has 3 unspecified atom stereocenters. The fourth-order valence-electron chi connectivity index (χ4n) is 3.09. The van der Waals surface area contributed by atoms with Gasteiger partial charge >= 0.3 is 0 Å². The first-order valence-corrected chi connectivity index (χ1v) is 8.13. The van der Waals surface area contributed by atoms with Gasteiger partial charge in [0, 0.05) is 19.0 Å². The minimum atomic E-state index is 0.179. The fourth-order valence-corrected chi connectivity index (χ4v) is 3.09. The van der Waals surface area contributed by atoms with E-state index >= 15 is 0 Å². The highest BCUT2D eigenvalue weighted by molar-refractivity contribution is 5.77. The van der Waals surface area contributed by atoms with Crippen molar-refractivity contribution in [1.82, 2.24) is 10.6 Å². The van der Waals surface area contributed by atoms with Crippen molar-refractivity contribution in [3.8, 4) is 0 Å². The highest BCUT2D eigenvalue weighted by atomic mass is 16.1. The Morgan fingerprint density at radius 2 is 2.05 bits per heavy atom. The quantitative estimate of drug-likeness (QED) is 0.874. The number of amides is 1. The number of piperidine rings is 1. The second-order valence-corrected chi connectivity index (χ2v) is 6.61. The highest BCUT2D eigenvalue weighted by Gasteiger charge is 2.25. The molecular formula is C18H28N2O. The third-order valence-corrected chi connectivity index (χ3v) is 4.61. The van der Waals surface area contributed by atoms with Crippen molar-refractivity contribution in [1.29, 1.82) is 0 Å². The molecule has 2 N–H and O–H groups in total. The molecular weight excluding hydrogens is 260 g/mol. The maximum Gasteiger partial charge on any atom is 0.220 e. The van der Waals surface area contributed by atoms with E-state index in [-0.39, 0.29) is 17.9 Å². The second-order valence-electron chi connectivity index (χ2n) is 6.61. The van der Waals surface area contributed by atoms with Crippen LogP contribution in [-0.2, 0) is 4.79 Å². The average Bonchev–Trinajstić information content (AvgIpc) is 2.48. The van der Waals surface area contributed by atoms with Gasteiger partial charge in [-0.1, -0.05) is 51.1 Å². The molecule has 21 heavy (non-hydrogen) atoms. The highest BCUT2D eigenvalue weighted by Crippen LogP contribution is 2.27. The van der Waals surface area contributed by atoms with Crippen LogP contribution in [0.4, 0.5) is 0 Å². The summed E-state index contributed by atoms with van der Waals surface area (Å²) in [6.07, 6.45) is 1.71. The number of hydrogen-bond donors (Lipinski definition) is 2. The number of hydrogen-bond acceptors (Lipinski definition) is 2. The lowest BCUT2D eigenvalue weighted by atomic mass is 9.85. The zero-order valence-corrected chi connectivity index (χ0v) is 13.4. The fraction of sp³-hybridized carbons (Fsp3) is 0.611. The first-order chi connectivity index (χ1) is 10.1. The van der Waals surface area contributed by atoms with Crippen LogP contribution in [0.15, 0.2) is 30.3 Å². The van der Waals surface area contributed by atoms with E-state index in [4.69, 9.17) is 0 Å². The van der Waals surface area contributed by atoms with E-state index in [2.05, 4.69) is 55.7 Å². The normalized spacial score (nSPS) is 23.8. The predicted molar refractivity (Wildman–Crippen MR) is 87.2 cm³/mol. The number of rotatable bonds is 5. The molecule has 3 heteroatoms. The Bertz CT molecular complexity index is 444. The Balaban J connectivity index is 1.95. The Kier molecular flexibility index (Phi) is 5.80. The van der Waals surface area contributed by atoms with Gasteiger partial charge in [0.15, 0.2) is 0 Å². The van der Waals surface area contributed by atoms with Crippen LogP contribution in [0.25, 0.3) is 0 Å². The summed E-state index contributed by atoms with van der Waals surface area (Å²) in [6, 6.07) is 10.7. The van der Waals surface area contributed by atoms with E-state index in [1.165, 1.54) is 5.56 Å². The molecule has 2 rings (SSSR count). The van der Waals surface area contributed by atoms with Gasteiger partial charge < -0.3 is 10.6 Å². The number of carbonyl (C=O) groups excluding carboxylic acids is 1. The van der Waals surface area contributed by atoms with E-state index in [1.54, 1.807) is 0 Å². The molecule has 1 amide bonds. The molecule has 116 valence electrons. The Morgan fingerprint density at radius 3 is 2.67 bits per heavy atom.